The average Bonchev–Trinajstić information content (AvgIpc) is 2.11. The fraction of sp³-hybridized carbons (Fsp3) is 0.900. The maximum absolute atomic E-state index is 11.3. The number of hydrogen-bond acceptors (Lipinski definition) is 3. The fourth-order valence-electron chi connectivity index (χ4n) is 1.85. The van der Waals surface area contributed by atoms with Crippen molar-refractivity contribution < 1.29 is 36.1 Å². The Hall–Kier alpha value is -0.130. The molecule has 1 rings (SSSR count). The normalized spacial score (nSPS) is 30.5. The van der Waals surface area contributed by atoms with Crippen molar-refractivity contribution in [2.45, 2.75) is 25.9 Å². The molecule has 90 valence electrons. The van der Waals surface area contributed by atoms with Crippen molar-refractivity contribution in [2.24, 2.45) is 0 Å². The van der Waals surface area contributed by atoms with Crippen LogP contribution in [0.4, 0.5) is 0 Å². The second kappa shape index (κ2) is 6.45. The highest BCUT2D eigenvalue weighted by Gasteiger charge is 2.31. The lowest BCUT2D eigenvalue weighted by Gasteiger charge is -2.38. The number of likely N-dealkylation sites (N-methyl/N-ethyl adjacent to an activating group) is 1. The van der Waals surface area contributed by atoms with Gasteiger partial charge in [-0.1, -0.05) is 0 Å². The Morgan fingerprint density at radius 1 is 1.47 bits per heavy atom. The van der Waals surface area contributed by atoms with Gasteiger partial charge in [0.15, 0.2) is 6.54 Å². The van der Waals surface area contributed by atoms with E-state index in [4.69, 9.17) is 4.74 Å². The number of ether oxygens (including phenoxy) is 1. The summed E-state index contributed by atoms with van der Waals surface area (Å²) in [7, 11) is 2.04. The van der Waals surface area contributed by atoms with E-state index >= 15 is 0 Å². The van der Waals surface area contributed by atoms with E-state index in [-0.39, 0.29) is 29.1 Å². The van der Waals surface area contributed by atoms with Gasteiger partial charge < -0.3 is 31.3 Å². The lowest BCUT2D eigenvalue weighted by Crippen LogP contribution is -3.00. The SMILES string of the molecule is CCOC(=O)C[N+]1(C)CCC(O)CC1.[Br-]. The largest absolute Gasteiger partial charge is 1.00 e. The molecule has 1 fully saturated rings. The smallest absolute Gasteiger partial charge is 0.361 e. The summed E-state index contributed by atoms with van der Waals surface area (Å²) in [6.45, 7) is 4.42. The van der Waals surface area contributed by atoms with Crippen LogP contribution in [0.1, 0.15) is 19.8 Å². The molecule has 0 atom stereocenters. The maximum Gasteiger partial charge on any atom is 0.361 e. The molecule has 0 saturated carbocycles. The lowest BCUT2D eigenvalue weighted by molar-refractivity contribution is -0.908. The van der Waals surface area contributed by atoms with Crippen LogP contribution in [0.5, 0.6) is 0 Å². The zero-order valence-corrected chi connectivity index (χ0v) is 11.0. The second-order valence-corrected chi connectivity index (χ2v) is 4.26. The summed E-state index contributed by atoms with van der Waals surface area (Å²) < 4.78 is 5.62. The van der Waals surface area contributed by atoms with Crippen LogP contribution in [0.15, 0.2) is 0 Å². The summed E-state index contributed by atoms with van der Waals surface area (Å²) in [5.74, 6) is -0.133. The number of rotatable bonds is 3. The van der Waals surface area contributed by atoms with Crippen LogP contribution >= 0.6 is 0 Å². The predicted molar refractivity (Wildman–Crippen MR) is 52.7 cm³/mol. The van der Waals surface area contributed by atoms with Crippen LogP contribution in [0.3, 0.4) is 0 Å². The summed E-state index contributed by atoms with van der Waals surface area (Å²) in [6.07, 6.45) is 1.40. The Morgan fingerprint density at radius 2 is 2.00 bits per heavy atom. The van der Waals surface area contributed by atoms with E-state index in [2.05, 4.69) is 0 Å². The van der Waals surface area contributed by atoms with Crippen molar-refractivity contribution in [2.75, 3.05) is 33.3 Å². The standard InChI is InChI=1S/C10H20NO3.BrH/c1-3-14-10(13)8-11(2)6-4-9(12)5-7-11;/h9,12H,3-8H2,1-2H3;1H/q+1;/p-1. The number of halogens is 1. The Bertz CT molecular complexity index is 203. The molecule has 5 heteroatoms. The maximum atomic E-state index is 11.3. The molecular formula is C10H20BrNO3. The lowest BCUT2D eigenvalue weighted by atomic mass is 10.1. The number of carbonyl (C=O) groups excluding carboxylic acids is 1. The number of esters is 1. The van der Waals surface area contributed by atoms with E-state index in [0.717, 1.165) is 25.9 Å². The first-order valence-corrected chi connectivity index (χ1v) is 5.23. The molecule has 0 unspecified atom stereocenters. The van der Waals surface area contributed by atoms with E-state index in [1.165, 1.54) is 0 Å². The van der Waals surface area contributed by atoms with Crippen LogP contribution in [-0.2, 0) is 9.53 Å². The third-order valence-electron chi connectivity index (χ3n) is 2.82. The molecule has 1 saturated heterocycles. The number of quaternary nitrogens is 1. The van der Waals surface area contributed by atoms with Crippen molar-refractivity contribution >= 4 is 5.97 Å². The summed E-state index contributed by atoms with van der Waals surface area (Å²) in [5, 5.41) is 9.35. The van der Waals surface area contributed by atoms with Crippen LogP contribution in [-0.4, -0.2) is 55.0 Å². The molecule has 4 nitrogen and oxygen atoms in total. The molecule has 0 radical (unpaired) electrons. The van der Waals surface area contributed by atoms with Crippen molar-refractivity contribution in [1.82, 2.24) is 0 Å². The molecule has 1 N–H and O–H groups in total. The third-order valence-corrected chi connectivity index (χ3v) is 2.82. The highest BCUT2D eigenvalue weighted by atomic mass is 79.9. The van der Waals surface area contributed by atoms with Gasteiger partial charge in [-0.05, 0) is 6.92 Å². The van der Waals surface area contributed by atoms with Gasteiger partial charge in [-0.2, -0.15) is 0 Å². The first-order valence-electron chi connectivity index (χ1n) is 5.23. The fourth-order valence-corrected chi connectivity index (χ4v) is 1.85. The number of aliphatic hydroxyl groups excluding tert-OH is 1. The molecule has 0 aliphatic carbocycles. The number of carbonyl (C=O) groups is 1. The first kappa shape index (κ1) is 14.9. The van der Waals surface area contributed by atoms with Crippen molar-refractivity contribution in [3.05, 3.63) is 0 Å². The number of nitrogens with zero attached hydrogens (tertiary/aromatic N) is 1. The minimum absolute atomic E-state index is 0. The summed E-state index contributed by atoms with van der Waals surface area (Å²) in [5.41, 5.74) is 0. The quantitative estimate of drug-likeness (QED) is 0.448. The highest BCUT2D eigenvalue weighted by molar-refractivity contribution is 5.70. The minimum Gasteiger partial charge on any atom is -1.00 e. The molecular weight excluding hydrogens is 262 g/mol. The zero-order chi connectivity index (χ0) is 10.6. The second-order valence-electron chi connectivity index (χ2n) is 4.26. The third kappa shape index (κ3) is 4.95. The number of hydrogen-bond donors (Lipinski definition) is 1. The Morgan fingerprint density at radius 3 is 2.47 bits per heavy atom. The van der Waals surface area contributed by atoms with Crippen LogP contribution in [0.2, 0.25) is 0 Å². The molecule has 0 bridgehead atoms. The van der Waals surface area contributed by atoms with Crippen molar-refractivity contribution in [3.63, 3.8) is 0 Å². The van der Waals surface area contributed by atoms with Gasteiger partial charge >= 0.3 is 5.97 Å². The summed E-state index contributed by atoms with van der Waals surface area (Å²) in [6, 6.07) is 0. The molecule has 1 aliphatic rings. The summed E-state index contributed by atoms with van der Waals surface area (Å²) in [4.78, 5) is 11.3. The van der Waals surface area contributed by atoms with Gasteiger partial charge in [0.25, 0.3) is 0 Å². The van der Waals surface area contributed by atoms with Crippen LogP contribution in [0.25, 0.3) is 0 Å². The van der Waals surface area contributed by atoms with Gasteiger partial charge in [-0.15, -0.1) is 0 Å². The number of likely N-dealkylation sites (tertiary alicyclic amines) is 1. The van der Waals surface area contributed by atoms with Crippen molar-refractivity contribution in [1.29, 1.82) is 0 Å². The number of aliphatic hydroxyl groups is 1. The van der Waals surface area contributed by atoms with E-state index < -0.39 is 0 Å². The predicted octanol–water partition coefficient (Wildman–Crippen LogP) is -2.85. The molecule has 1 aliphatic heterocycles. The highest BCUT2D eigenvalue weighted by Crippen LogP contribution is 2.16. The molecule has 0 amide bonds. The monoisotopic (exact) mass is 281 g/mol. The molecule has 0 aromatic rings. The van der Waals surface area contributed by atoms with E-state index in [0.29, 0.717) is 17.6 Å². The molecule has 0 aromatic heterocycles. The number of piperidine rings is 1. The van der Waals surface area contributed by atoms with Gasteiger partial charge in [0.05, 0.1) is 32.8 Å². The van der Waals surface area contributed by atoms with Gasteiger partial charge in [0.1, 0.15) is 0 Å². The Balaban J connectivity index is 0.00000196. The average molecular weight is 282 g/mol. The summed E-state index contributed by atoms with van der Waals surface area (Å²) >= 11 is 0. The van der Waals surface area contributed by atoms with Gasteiger partial charge in [0, 0.05) is 12.8 Å². The van der Waals surface area contributed by atoms with Gasteiger partial charge in [-0.3, -0.25) is 0 Å². The topological polar surface area (TPSA) is 46.5 Å². The Labute approximate surface area is 102 Å². The van der Waals surface area contributed by atoms with Gasteiger partial charge in [0.2, 0.25) is 0 Å². The molecule has 15 heavy (non-hydrogen) atoms. The molecule has 1 heterocycles. The van der Waals surface area contributed by atoms with E-state index in [1.807, 2.05) is 14.0 Å². The van der Waals surface area contributed by atoms with Crippen LogP contribution < -0.4 is 17.0 Å². The van der Waals surface area contributed by atoms with Crippen molar-refractivity contribution in [3.8, 4) is 0 Å². The molecule has 0 aromatic carbocycles. The zero-order valence-electron chi connectivity index (χ0n) is 9.41. The molecule has 0 spiro atoms. The van der Waals surface area contributed by atoms with E-state index in [9.17, 15) is 9.90 Å². The van der Waals surface area contributed by atoms with Crippen LogP contribution in [0, 0.1) is 0 Å². The Kier molecular flexibility index (Phi) is 6.40. The minimum atomic E-state index is -0.177. The van der Waals surface area contributed by atoms with E-state index in [1.54, 1.807) is 0 Å². The first-order chi connectivity index (χ1) is 6.56. The van der Waals surface area contributed by atoms with Gasteiger partial charge in [-0.25, -0.2) is 4.79 Å².